The summed E-state index contributed by atoms with van der Waals surface area (Å²) < 4.78 is 1.13. The fraction of sp³-hybridized carbons (Fsp3) is 0.500. The number of fused-ring (bicyclic) bond motifs is 1. The summed E-state index contributed by atoms with van der Waals surface area (Å²) in [6.07, 6.45) is 7.84. The molecule has 0 amide bonds. The summed E-state index contributed by atoms with van der Waals surface area (Å²) in [4.78, 5) is 13.7. The van der Waals surface area contributed by atoms with E-state index in [1.54, 1.807) is 22.7 Å². The van der Waals surface area contributed by atoms with Gasteiger partial charge in [-0.25, -0.2) is 15.0 Å². The van der Waals surface area contributed by atoms with Gasteiger partial charge in [0.25, 0.3) is 0 Å². The molecule has 3 aromatic heterocycles. The Morgan fingerprint density at radius 3 is 2.60 bits per heavy atom. The van der Waals surface area contributed by atoms with Gasteiger partial charge in [-0.3, -0.25) is 0 Å². The van der Waals surface area contributed by atoms with Gasteiger partial charge in [-0.2, -0.15) is 0 Å². The fourth-order valence-electron chi connectivity index (χ4n) is 3.52. The molecule has 0 bridgehead atoms. The highest BCUT2D eigenvalue weighted by molar-refractivity contribution is 7.25. The minimum atomic E-state index is -0.583. The molecule has 1 fully saturated rings. The molecule has 25 heavy (non-hydrogen) atoms. The van der Waals surface area contributed by atoms with Crippen LogP contribution in [0.2, 0.25) is 0 Å². The number of pyridine rings is 1. The van der Waals surface area contributed by atoms with Crippen LogP contribution in [0.3, 0.4) is 0 Å². The van der Waals surface area contributed by atoms with Crippen molar-refractivity contribution in [2.75, 3.05) is 5.32 Å². The molecule has 0 spiro atoms. The summed E-state index contributed by atoms with van der Waals surface area (Å²) in [7, 11) is 0. The molecule has 0 radical (unpaired) electrons. The molecule has 1 saturated carbocycles. The van der Waals surface area contributed by atoms with Crippen LogP contribution in [0.15, 0.2) is 23.8 Å². The average molecular weight is 375 g/mol. The molecule has 7 heteroatoms. The van der Waals surface area contributed by atoms with Crippen molar-refractivity contribution in [2.24, 2.45) is 5.92 Å². The molecular formula is C18H22N4OS2. The van der Waals surface area contributed by atoms with E-state index in [1.165, 1.54) is 0 Å². The number of anilines is 1. The van der Waals surface area contributed by atoms with Crippen molar-refractivity contribution in [1.29, 1.82) is 0 Å². The van der Waals surface area contributed by atoms with Crippen molar-refractivity contribution in [3.8, 4) is 10.0 Å². The third kappa shape index (κ3) is 3.54. The van der Waals surface area contributed by atoms with Crippen LogP contribution in [-0.4, -0.2) is 31.7 Å². The highest BCUT2D eigenvalue weighted by Crippen LogP contribution is 2.36. The monoisotopic (exact) mass is 374 g/mol. The molecule has 2 N–H and O–H groups in total. The highest BCUT2D eigenvalue weighted by atomic mass is 32.1. The Hall–Kier alpha value is -1.57. The maximum Gasteiger partial charge on any atom is 0.153 e. The van der Waals surface area contributed by atoms with E-state index < -0.39 is 5.60 Å². The number of aromatic nitrogens is 3. The second kappa shape index (κ2) is 6.63. The van der Waals surface area contributed by atoms with Gasteiger partial charge in [0.2, 0.25) is 0 Å². The molecule has 3 heterocycles. The first-order valence-electron chi connectivity index (χ1n) is 8.65. The predicted molar refractivity (Wildman–Crippen MR) is 104 cm³/mol. The Kier molecular flexibility index (Phi) is 4.47. The Morgan fingerprint density at radius 2 is 1.92 bits per heavy atom. The lowest BCUT2D eigenvalue weighted by atomic mass is 9.77. The van der Waals surface area contributed by atoms with Gasteiger partial charge in [-0.05, 0) is 51.5 Å². The summed E-state index contributed by atoms with van der Waals surface area (Å²) in [5.41, 5.74) is 0.350. The topological polar surface area (TPSA) is 70.9 Å². The lowest BCUT2D eigenvalue weighted by molar-refractivity contribution is -0.000398. The fourth-order valence-corrected chi connectivity index (χ4v) is 5.16. The molecular weight excluding hydrogens is 352 g/mol. The zero-order valence-corrected chi connectivity index (χ0v) is 16.0. The average Bonchev–Trinajstić information content (AvgIpc) is 3.24. The summed E-state index contributed by atoms with van der Waals surface area (Å²) in [6.45, 7) is 3.84. The molecule has 0 unspecified atom stereocenters. The number of nitrogens with one attached hydrogen (secondary N) is 1. The van der Waals surface area contributed by atoms with Gasteiger partial charge in [0.1, 0.15) is 5.52 Å². The molecule has 0 aliphatic heterocycles. The van der Waals surface area contributed by atoms with Crippen LogP contribution < -0.4 is 5.32 Å². The third-order valence-electron chi connectivity index (χ3n) is 4.99. The van der Waals surface area contributed by atoms with E-state index in [2.05, 4.69) is 15.3 Å². The maximum atomic E-state index is 10.2. The largest absolute Gasteiger partial charge is 0.390 e. The number of rotatable bonds is 4. The van der Waals surface area contributed by atoms with Crippen LogP contribution in [0.5, 0.6) is 0 Å². The second-order valence-corrected chi connectivity index (χ2v) is 9.13. The molecule has 1 aliphatic rings. The first-order valence-corrected chi connectivity index (χ1v) is 10.3. The van der Waals surface area contributed by atoms with E-state index in [0.29, 0.717) is 12.0 Å². The predicted octanol–water partition coefficient (Wildman–Crippen LogP) is 4.56. The summed E-state index contributed by atoms with van der Waals surface area (Å²) >= 11 is 3.27. The molecule has 0 aromatic carbocycles. The van der Waals surface area contributed by atoms with Gasteiger partial charge in [-0.15, -0.1) is 22.7 Å². The standard InChI is InChI=1S/C18H22N4OS2/c1-18(2,23)11-3-5-12(6-4-11)21-15-14-13(7-8-19-15)25-17(22-14)16-20-9-10-24-16/h7-12,23H,3-6H2,1-2H3,(H,19,21). The van der Waals surface area contributed by atoms with Crippen molar-refractivity contribution in [1.82, 2.24) is 15.0 Å². The minimum Gasteiger partial charge on any atom is -0.390 e. The van der Waals surface area contributed by atoms with E-state index >= 15 is 0 Å². The first kappa shape index (κ1) is 16.9. The van der Waals surface area contributed by atoms with Crippen LogP contribution >= 0.6 is 22.7 Å². The second-order valence-electron chi connectivity index (χ2n) is 7.21. The SMILES string of the molecule is CC(C)(O)C1CCC(Nc2nccc3sc(-c4nccs4)nc23)CC1. The van der Waals surface area contributed by atoms with Crippen molar-refractivity contribution in [3.63, 3.8) is 0 Å². The number of thiazole rings is 2. The molecule has 5 nitrogen and oxygen atoms in total. The van der Waals surface area contributed by atoms with Gasteiger partial charge in [0.05, 0.1) is 10.3 Å². The summed E-state index contributed by atoms with van der Waals surface area (Å²) in [6, 6.07) is 2.40. The number of aliphatic hydroxyl groups is 1. The number of hydrogen-bond donors (Lipinski definition) is 2. The molecule has 4 rings (SSSR count). The third-order valence-corrected chi connectivity index (χ3v) is 6.93. The minimum absolute atomic E-state index is 0.380. The quantitative estimate of drug-likeness (QED) is 0.701. The Bertz CT molecular complexity index is 846. The Labute approximate surface area is 155 Å². The molecule has 0 saturated heterocycles. The zero-order valence-electron chi connectivity index (χ0n) is 14.4. The van der Waals surface area contributed by atoms with E-state index in [0.717, 1.165) is 51.7 Å². The molecule has 3 aromatic rings. The number of nitrogens with zero attached hydrogens (tertiary/aromatic N) is 3. The van der Waals surface area contributed by atoms with Crippen LogP contribution in [0.1, 0.15) is 39.5 Å². The van der Waals surface area contributed by atoms with Crippen LogP contribution in [0.25, 0.3) is 20.2 Å². The van der Waals surface area contributed by atoms with Gasteiger partial charge in [0.15, 0.2) is 15.8 Å². The molecule has 0 atom stereocenters. The lowest BCUT2D eigenvalue weighted by Gasteiger charge is -2.36. The smallest absolute Gasteiger partial charge is 0.153 e. The van der Waals surface area contributed by atoms with Crippen molar-refractivity contribution in [3.05, 3.63) is 23.8 Å². The van der Waals surface area contributed by atoms with Crippen molar-refractivity contribution in [2.45, 2.75) is 51.2 Å². The van der Waals surface area contributed by atoms with E-state index in [4.69, 9.17) is 4.98 Å². The van der Waals surface area contributed by atoms with Crippen LogP contribution in [0.4, 0.5) is 5.82 Å². The Morgan fingerprint density at radius 1 is 1.12 bits per heavy atom. The maximum absolute atomic E-state index is 10.2. The van der Waals surface area contributed by atoms with E-state index in [-0.39, 0.29) is 0 Å². The normalized spacial score (nSPS) is 21.6. The Balaban J connectivity index is 1.52. The lowest BCUT2D eigenvalue weighted by Crippen LogP contribution is -2.37. The van der Waals surface area contributed by atoms with Crippen LogP contribution in [0, 0.1) is 5.92 Å². The van der Waals surface area contributed by atoms with Gasteiger partial charge >= 0.3 is 0 Å². The zero-order chi connectivity index (χ0) is 17.4. The number of hydrogen-bond acceptors (Lipinski definition) is 7. The van der Waals surface area contributed by atoms with Crippen molar-refractivity contribution < 1.29 is 5.11 Å². The van der Waals surface area contributed by atoms with Crippen LogP contribution in [-0.2, 0) is 0 Å². The van der Waals surface area contributed by atoms with E-state index in [9.17, 15) is 5.11 Å². The van der Waals surface area contributed by atoms with Gasteiger partial charge < -0.3 is 10.4 Å². The highest BCUT2D eigenvalue weighted by Gasteiger charge is 2.31. The van der Waals surface area contributed by atoms with E-state index in [1.807, 2.05) is 37.7 Å². The molecule has 132 valence electrons. The summed E-state index contributed by atoms with van der Waals surface area (Å²) in [5, 5.41) is 17.7. The van der Waals surface area contributed by atoms with Gasteiger partial charge in [0, 0.05) is 23.8 Å². The van der Waals surface area contributed by atoms with Crippen molar-refractivity contribution >= 4 is 38.7 Å². The molecule has 1 aliphatic carbocycles. The van der Waals surface area contributed by atoms with Gasteiger partial charge in [-0.1, -0.05) is 0 Å². The first-order chi connectivity index (χ1) is 12.0. The summed E-state index contributed by atoms with van der Waals surface area (Å²) in [5.74, 6) is 1.24.